The minimum absolute atomic E-state index is 0.110. The molecule has 0 aliphatic carbocycles. The van der Waals surface area contributed by atoms with Crippen LogP contribution in [0.5, 0.6) is 0 Å². The Morgan fingerprint density at radius 2 is 1.11 bits per heavy atom. The van der Waals surface area contributed by atoms with Crippen LogP contribution >= 0.6 is 14.7 Å². The van der Waals surface area contributed by atoms with Gasteiger partial charge in [0.25, 0.3) is 0 Å². The van der Waals surface area contributed by atoms with E-state index in [0.717, 1.165) is 25.7 Å². The fraction of sp³-hybridized carbons (Fsp3) is 0.429. The largest absolute Gasteiger partial charge is 0.338 e. The SMILES string of the molecule is CCCCOP(=O)(CP(=O)(c1ccccc1)c1ccccc1)OCCCC. The summed E-state index contributed by atoms with van der Waals surface area (Å²) < 4.78 is 39.1. The number of hydrogen-bond donors (Lipinski definition) is 0. The lowest BCUT2D eigenvalue weighted by molar-refractivity contribution is 0.203. The van der Waals surface area contributed by atoms with E-state index in [4.69, 9.17) is 9.05 Å². The van der Waals surface area contributed by atoms with E-state index in [0.29, 0.717) is 23.8 Å². The third-order valence-electron chi connectivity index (χ3n) is 4.29. The van der Waals surface area contributed by atoms with E-state index in [1.807, 2.05) is 74.5 Å². The first kappa shape index (κ1) is 22.1. The van der Waals surface area contributed by atoms with Gasteiger partial charge in [-0.2, -0.15) is 0 Å². The van der Waals surface area contributed by atoms with Crippen molar-refractivity contribution in [1.82, 2.24) is 0 Å². The van der Waals surface area contributed by atoms with Crippen molar-refractivity contribution in [3.63, 3.8) is 0 Å². The van der Waals surface area contributed by atoms with Crippen LogP contribution in [-0.2, 0) is 18.2 Å². The number of unbranched alkanes of at least 4 members (excludes halogenated alkanes) is 2. The summed E-state index contributed by atoms with van der Waals surface area (Å²) >= 11 is 0. The summed E-state index contributed by atoms with van der Waals surface area (Å²) in [7, 11) is -6.65. The van der Waals surface area contributed by atoms with E-state index in [9.17, 15) is 9.13 Å². The van der Waals surface area contributed by atoms with E-state index in [2.05, 4.69) is 0 Å². The molecule has 4 nitrogen and oxygen atoms in total. The van der Waals surface area contributed by atoms with Gasteiger partial charge in [0.05, 0.1) is 13.2 Å². The van der Waals surface area contributed by atoms with E-state index in [1.165, 1.54) is 0 Å². The highest BCUT2D eigenvalue weighted by atomic mass is 31.2. The molecule has 0 N–H and O–H groups in total. The zero-order valence-corrected chi connectivity index (χ0v) is 18.0. The van der Waals surface area contributed by atoms with Crippen LogP contribution in [0.25, 0.3) is 0 Å². The maximum absolute atomic E-state index is 14.2. The van der Waals surface area contributed by atoms with Gasteiger partial charge in [0.15, 0.2) is 7.14 Å². The second-order valence-electron chi connectivity index (χ2n) is 6.54. The van der Waals surface area contributed by atoms with Crippen LogP contribution in [0.4, 0.5) is 0 Å². The molecule has 2 aromatic carbocycles. The van der Waals surface area contributed by atoms with Crippen LogP contribution in [-0.4, -0.2) is 19.1 Å². The fourth-order valence-corrected chi connectivity index (χ4v) is 9.11. The van der Waals surface area contributed by atoms with Crippen LogP contribution in [0.2, 0.25) is 0 Å². The van der Waals surface area contributed by atoms with Crippen molar-refractivity contribution in [2.75, 3.05) is 19.1 Å². The van der Waals surface area contributed by atoms with Gasteiger partial charge in [0.2, 0.25) is 0 Å². The van der Waals surface area contributed by atoms with Crippen molar-refractivity contribution in [3.05, 3.63) is 60.7 Å². The average Bonchev–Trinajstić information content (AvgIpc) is 2.70. The summed E-state index contributed by atoms with van der Waals surface area (Å²) in [6.07, 6.45) is 3.46. The molecule has 0 amide bonds. The van der Waals surface area contributed by atoms with E-state index >= 15 is 0 Å². The minimum atomic E-state index is -3.49. The molecule has 2 aromatic rings. The molecule has 0 aliphatic heterocycles. The molecule has 0 aliphatic rings. The summed E-state index contributed by atoms with van der Waals surface area (Å²) in [4.78, 5) is 0. The lowest BCUT2D eigenvalue weighted by Gasteiger charge is -2.25. The molecule has 0 saturated heterocycles. The molecule has 148 valence electrons. The Kier molecular flexibility index (Phi) is 8.99. The predicted molar refractivity (Wildman–Crippen MR) is 114 cm³/mol. The van der Waals surface area contributed by atoms with E-state index in [1.54, 1.807) is 0 Å². The van der Waals surface area contributed by atoms with Gasteiger partial charge in [0, 0.05) is 10.6 Å². The number of benzene rings is 2. The van der Waals surface area contributed by atoms with Gasteiger partial charge in [-0.05, 0) is 12.8 Å². The second kappa shape index (κ2) is 11.0. The van der Waals surface area contributed by atoms with E-state index in [-0.39, 0.29) is 5.90 Å². The zero-order valence-electron chi connectivity index (χ0n) is 16.3. The lowest BCUT2D eigenvalue weighted by atomic mass is 10.4. The normalized spacial score (nSPS) is 12.2. The van der Waals surface area contributed by atoms with Crippen molar-refractivity contribution in [1.29, 1.82) is 0 Å². The van der Waals surface area contributed by atoms with Crippen LogP contribution in [0.15, 0.2) is 60.7 Å². The number of rotatable bonds is 12. The highest BCUT2D eigenvalue weighted by Gasteiger charge is 2.38. The van der Waals surface area contributed by atoms with Gasteiger partial charge < -0.3 is 13.6 Å². The third-order valence-corrected chi connectivity index (χ3v) is 10.7. The Labute approximate surface area is 163 Å². The first-order valence-electron chi connectivity index (χ1n) is 9.62. The Balaban J connectivity index is 2.38. The molecule has 0 spiro atoms. The van der Waals surface area contributed by atoms with Gasteiger partial charge in [-0.15, -0.1) is 0 Å². The molecule has 6 heteroatoms. The molecule has 0 unspecified atom stereocenters. The van der Waals surface area contributed by atoms with Gasteiger partial charge in [-0.1, -0.05) is 87.4 Å². The standard InChI is InChI=1S/C21H30O4P2/c1-3-5-17-24-27(23,25-18-6-4-2)19-26(22,20-13-9-7-10-14-20)21-15-11-8-12-16-21/h7-16H,3-6,17-19H2,1-2H3. The molecular formula is C21H30O4P2. The zero-order chi connectivity index (χ0) is 19.6. The minimum Gasteiger partial charge on any atom is -0.313 e. The Hall–Kier alpha value is -1.18. The second-order valence-corrected chi connectivity index (χ2v) is 11.9. The van der Waals surface area contributed by atoms with Gasteiger partial charge in [0.1, 0.15) is 5.90 Å². The Morgan fingerprint density at radius 1 is 0.704 bits per heavy atom. The Bertz CT molecular complexity index is 705. The highest BCUT2D eigenvalue weighted by Crippen LogP contribution is 2.61. The predicted octanol–water partition coefficient (Wildman–Crippen LogP) is 5.78. The maximum atomic E-state index is 14.2. The van der Waals surface area contributed by atoms with Crippen molar-refractivity contribution in [2.45, 2.75) is 39.5 Å². The van der Waals surface area contributed by atoms with Crippen LogP contribution < -0.4 is 10.6 Å². The van der Waals surface area contributed by atoms with Gasteiger partial charge in [-0.3, -0.25) is 4.57 Å². The highest BCUT2D eigenvalue weighted by molar-refractivity contribution is 7.86. The molecule has 0 aromatic heterocycles. The summed E-state index contributed by atoms with van der Waals surface area (Å²) in [6.45, 7) is 4.79. The van der Waals surface area contributed by atoms with Crippen molar-refractivity contribution >= 4 is 25.3 Å². The quantitative estimate of drug-likeness (QED) is 0.330. The molecular weight excluding hydrogens is 378 g/mol. The third kappa shape index (κ3) is 6.43. The molecule has 0 saturated carbocycles. The molecule has 0 fully saturated rings. The van der Waals surface area contributed by atoms with Gasteiger partial charge >= 0.3 is 7.60 Å². The molecule has 0 atom stereocenters. The molecule has 0 radical (unpaired) electrons. The average molecular weight is 408 g/mol. The molecule has 2 rings (SSSR count). The summed E-state index contributed by atoms with van der Waals surface area (Å²) in [5.74, 6) is -0.110. The monoisotopic (exact) mass is 408 g/mol. The van der Waals surface area contributed by atoms with Crippen LogP contribution in [0.3, 0.4) is 0 Å². The van der Waals surface area contributed by atoms with E-state index < -0.39 is 14.7 Å². The topological polar surface area (TPSA) is 52.6 Å². The smallest absolute Gasteiger partial charge is 0.313 e. The molecule has 0 heterocycles. The van der Waals surface area contributed by atoms with Crippen molar-refractivity contribution < 1.29 is 18.2 Å². The summed E-state index contributed by atoms with van der Waals surface area (Å²) in [5, 5.41) is 1.35. The van der Waals surface area contributed by atoms with Gasteiger partial charge in [-0.25, -0.2) is 0 Å². The lowest BCUT2D eigenvalue weighted by Crippen LogP contribution is -2.19. The van der Waals surface area contributed by atoms with Crippen LogP contribution in [0.1, 0.15) is 39.5 Å². The summed E-state index contributed by atoms with van der Waals surface area (Å²) in [5.41, 5.74) is 0. The fourth-order valence-electron chi connectivity index (χ4n) is 2.71. The molecule has 27 heavy (non-hydrogen) atoms. The van der Waals surface area contributed by atoms with Crippen LogP contribution in [0, 0.1) is 0 Å². The Morgan fingerprint density at radius 3 is 1.48 bits per heavy atom. The first-order chi connectivity index (χ1) is 13.0. The number of hydrogen-bond acceptors (Lipinski definition) is 4. The van der Waals surface area contributed by atoms with Crippen molar-refractivity contribution in [2.24, 2.45) is 0 Å². The maximum Gasteiger partial charge on any atom is 0.338 e. The van der Waals surface area contributed by atoms with Crippen molar-refractivity contribution in [3.8, 4) is 0 Å². The summed E-state index contributed by atoms with van der Waals surface area (Å²) in [6, 6.07) is 18.5. The first-order valence-corrected chi connectivity index (χ1v) is 13.2. The molecule has 0 bridgehead atoms.